The molecule has 0 aliphatic rings. The van der Waals surface area contributed by atoms with Crippen LogP contribution in [0, 0.1) is 0 Å². The predicted molar refractivity (Wildman–Crippen MR) is 103 cm³/mol. The molecule has 0 bridgehead atoms. The standard InChI is InChI=1S/C19H19ClN4O2/c1-3-4-10-21-19-23-15(12-8-6-5-7-9-12)17-16(24-19)13(20)11-14(22-17)18(25)26-2/h5-9,11H,3-4,10H2,1-2H3,(H,21,23,24). The second-order valence-electron chi connectivity index (χ2n) is 5.72. The van der Waals surface area contributed by atoms with Gasteiger partial charge in [0.05, 0.1) is 12.1 Å². The average Bonchev–Trinajstić information content (AvgIpc) is 2.68. The Bertz CT molecular complexity index is 932. The summed E-state index contributed by atoms with van der Waals surface area (Å²) in [6.07, 6.45) is 2.08. The van der Waals surface area contributed by atoms with E-state index in [9.17, 15) is 4.79 Å². The lowest BCUT2D eigenvalue weighted by Gasteiger charge is -2.11. The zero-order valence-electron chi connectivity index (χ0n) is 14.6. The smallest absolute Gasteiger partial charge is 0.356 e. The number of aromatic nitrogens is 3. The third-order valence-electron chi connectivity index (χ3n) is 3.86. The average molecular weight is 371 g/mol. The molecule has 0 fully saturated rings. The number of fused-ring (bicyclic) bond motifs is 1. The predicted octanol–water partition coefficient (Wildman–Crippen LogP) is 4.34. The summed E-state index contributed by atoms with van der Waals surface area (Å²) in [6.45, 7) is 2.88. The van der Waals surface area contributed by atoms with Crippen LogP contribution in [0.5, 0.6) is 0 Å². The first-order chi connectivity index (χ1) is 12.6. The van der Waals surface area contributed by atoms with Gasteiger partial charge < -0.3 is 10.1 Å². The summed E-state index contributed by atoms with van der Waals surface area (Å²) in [5, 5.41) is 3.55. The topological polar surface area (TPSA) is 77.0 Å². The second kappa shape index (κ2) is 8.10. The molecule has 0 radical (unpaired) electrons. The number of esters is 1. The van der Waals surface area contributed by atoms with Gasteiger partial charge in [-0.1, -0.05) is 55.3 Å². The molecule has 0 saturated heterocycles. The van der Waals surface area contributed by atoms with Gasteiger partial charge in [0.2, 0.25) is 5.95 Å². The minimum absolute atomic E-state index is 0.123. The van der Waals surface area contributed by atoms with Gasteiger partial charge >= 0.3 is 5.97 Å². The van der Waals surface area contributed by atoms with Gasteiger partial charge in [0.25, 0.3) is 0 Å². The molecule has 0 atom stereocenters. The number of halogens is 1. The number of hydrogen-bond acceptors (Lipinski definition) is 6. The van der Waals surface area contributed by atoms with Gasteiger partial charge in [-0.05, 0) is 12.5 Å². The highest BCUT2D eigenvalue weighted by molar-refractivity contribution is 6.35. The summed E-state index contributed by atoms with van der Waals surface area (Å²) < 4.78 is 4.76. The van der Waals surface area contributed by atoms with E-state index in [2.05, 4.69) is 27.2 Å². The molecule has 1 N–H and O–H groups in total. The van der Waals surface area contributed by atoms with Gasteiger partial charge in [-0.25, -0.2) is 19.7 Å². The van der Waals surface area contributed by atoms with Crippen LogP contribution < -0.4 is 5.32 Å². The minimum atomic E-state index is -0.557. The van der Waals surface area contributed by atoms with Crippen molar-refractivity contribution in [3.05, 3.63) is 47.1 Å². The van der Waals surface area contributed by atoms with E-state index in [-0.39, 0.29) is 5.69 Å². The van der Waals surface area contributed by atoms with Crippen LogP contribution >= 0.6 is 11.6 Å². The van der Waals surface area contributed by atoms with Crippen molar-refractivity contribution in [1.82, 2.24) is 15.0 Å². The lowest BCUT2D eigenvalue weighted by atomic mass is 10.1. The summed E-state index contributed by atoms with van der Waals surface area (Å²) in [5.74, 6) is -0.0720. The Hall–Kier alpha value is -2.73. The van der Waals surface area contributed by atoms with Crippen LogP contribution in [0.2, 0.25) is 5.02 Å². The van der Waals surface area contributed by atoms with Crippen LogP contribution in [-0.4, -0.2) is 34.6 Å². The number of anilines is 1. The maximum atomic E-state index is 11.9. The second-order valence-corrected chi connectivity index (χ2v) is 6.13. The fourth-order valence-electron chi connectivity index (χ4n) is 2.53. The van der Waals surface area contributed by atoms with Gasteiger partial charge in [0.1, 0.15) is 16.7 Å². The normalized spacial score (nSPS) is 10.7. The molecule has 3 rings (SSSR count). The number of hydrogen-bond donors (Lipinski definition) is 1. The Morgan fingerprint density at radius 3 is 2.62 bits per heavy atom. The van der Waals surface area contributed by atoms with Crippen molar-refractivity contribution >= 4 is 34.6 Å². The molecule has 134 valence electrons. The van der Waals surface area contributed by atoms with E-state index in [0.717, 1.165) is 24.9 Å². The fourth-order valence-corrected chi connectivity index (χ4v) is 2.77. The molecular formula is C19H19ClN4O2. The lowest BCUT2D eigenvalue weighted by molar-refractivity contribution is 0.0594. The number of carbonyl (C=O) groups is 1. The number of unbranched alkanes of at least 4 members (excludes halogenated alkanes) is 1. The first-order valence-corrected chi connectivity index (χ1v) is 8.77. The lowest BCUT2D eigenvalue weighted by Crippen LogP contribution is -2.09. The number of rotatable bonds is 6. The Morgan fingerprint density at radius 1 is 1.15 bits per heavy atom. The van der Waals surface area contributed by atoms with E-state index in [4.69, 9.17) is 16.3 Å². The summed E-state index contributed by atoms with van der Waals surface area (Å²) in [4.78, 5) is 25.4. The molecule has 7 heteroatoms. The van der Waals surface area contributed by atoms with Crippen LogP contribution in [0.25, 0.3) is 22.3 Å². The highest BCUT2D eigenvalue weighted by atomic mass is 35.5. The van der Waals surface area contributed by atoms with Crippen molar-refractivity contribution in [1.29, 1.82) is 0 Å². The molecule has 26 heavy (non-hydrogen) atoms. The van der Waals surface area contributed by atoms with E-state index in [1.54, 1.807) is 0 Å². The third kappa shape index (κ3) is 3.75. The molecule has 0 spiro atoms. The molecule has 0 amide bonds. The minimum Gasteiger partial charge on any atom is -0.464 e. The number of carbonyl (C=O) groups excluding carboxylic acids is 1. The molecule has 0 unspecified atom stereocenters. The number of benzene rings is 1. The summed E-state index contributed by atoms with van der Waals surface area (Å²) in [5.41, 5.74) is 2.56. The first kappa shape index (κ1) is 18.1. The quantitative estimate of drug-likeness (QED) is 0.513. The zero-order chi connectivity index (χ0) is 18.5. The van der Waals surface area contributed by atoms with Gasteiger partial charge in [-0.3, -0.25) is 0 Å². The van der Waals surface area contributed by atoms with Crippen molar-refractivity contribution in [2.24, 2.45) is 0 Å². The number of ether oxygens (including phenoxy) is 1. The molecule has 2 heterocycles. The Balaban J connectivity index is 2.21. The van der Waals surface area contributed by atoms with Crippen LogP contribution in [-0.2, 0) is 4.74 Å². The van der Waals surface area contributed by atoms with Gasteiger partial charge in [0.15, 0.2) is 5.69 Å². The van der Waals surface area contributed by atoms with Crippen LogP contribution in [0.3, 0.4) is 0 Å². The number of nitrogens with zero attached hydrogens (tertiary/aromatic N) is 3. The molecular weight excluding hydrogens is 352 g/mol. The highest BCUT2D eigenvalue weighted by Gasteiger charge is 2.18. The van der Waals surface area contributed by atoms with Gasteiger partial charge in [-0.2, -0.15) is 0 Å². The monoisotopic (exact) mass is 370 g/mol. The van der Waals surface area contributed by atoms with E-state index in [0.29, 0.717) is 27.7 Å². The Kier molecular flexibility index (Phi) is 5.63. The number of nitrogens with one attached hydrogen (secondary N) is 1. The van der Waals surface area contributed by atoms with E-state index < -0.39 is 5.97 Å². The molecule has 2 aromatic heterocycles. The SMILES string of the molecule is CCCCNc1nc(-c2ccccc2)c2nc(C(=O)OC)cc(Cl)c2n1. The number of methoxy groups -OCH3 is 1. The Labute approximate surface area is 156 Å². The van der Waals surface area contributed by atoms with E-state index >= 15 is 0 Å². The third-order valence-corrected chi connectivity index (χ3v) is 4.15. The first-order valence-electron chi connectivity index (χ1n) is 8.40. The van der Waals surface area contributed by atoms with Gasteiger partial charge in [-0.15, -0.1) is 0 Å². The van der Waals surface area contributed by atoms with Crippen LogP contribution in [0.15, 0.2) is 36.4 Å². The molecule has 6 nitrogen and oxygen atoms in total. The van der Waals surface area contributed by atoms with Crippen molar-refractivity contribution in [3.8, 4) is 11.3 Å². The molecule has 3 aromatic rings. The number of pyridine rings is 1. The molecule has 1 aromatic carbocycles. The largest absolute Gasteiger partial charge is 0.464 e. The summed E-state index contributed by atoms with van der Waals surface area (Å²) >= 11 is 6.39. The van der Waals surface area contributed by atoms with Crippen molar-refractivity contribution < 1.29 is 9.53 Å². The van der Waals surface area contributed by atoms with Crippen LogP contribution in [0.1, 0.15) is 30.3 Å². The van der Waals surface area contributed by atoms with E-state index in [1.165, 1.54) is 13.2 Å². The maximum absolute atomic E-state index is 11.9. The summed E-state index contributed by atoms with van der Waals surface area (Å²) in [7, 11) is 1.30. The van der Waals surface area contributed by atoms with Gasteiger partial charge in [0, 0.05) is 12.1 Å². The van der Waals surface area contributed by atoms with Crippen molar-refractivity contribution in [3.63, 3.8) is 0 Å². The fraction of sp³-hybridized carbons (Fsp3) is 0.263. The molecule has 0 aliphatic heterocycles. The maximum Gasteiger partial charge on any atom is 0.356 e. The molecule has 0 aliphatic carbocycles. The molecule has 0 saturated carbocycles. The van der Waals surface area contributed by atoms with Crippen LogP contribution in [0.4, 0.5) is 5.95 Å². The summed E-state index contributed by atoms with van der Waals surface area (Å²) in [6, 6.07) is 11.1. The van der Waals surface area contributed by atoms with E-state index in [1.807, 2.05) is 30.3 Å². The highest BCUT2D eigenvalue weighted by Crippen LogP contribution is 2.30. The van der Waals surface area contributed by atoms with Crippen molar-refractivity contribution in [2.45, 2.75) is 19.8 Å². The van der Waals surface area contributed by atoms with Crippen molar-refractivity contribution in [2.75, 3.05) is 19.0 Å². The zero-order valence-corrected chi connectivity index (χ0v) is 15.4. The Morgan fingerprint density at radius 2 is 1.92 bits per heavy atom.